The van der Waals surface area contributed by atoms with Crippen LogP contribution in [0.5, 0.6) is 0 Å². The summed E-state index contributed by atoms with van der Waals surface area (Å²) in [5.41, 5.74) is 0. The minimum absolute atomic E-state index is 0.500. The SMILES string of the molecule is C[N-]C=O.[Cl][Au]. The standard InChI is InChI=1S/C2H5NO.Au.ClH/c1-3-2-4;;/h2H,1H3,(H,3,4);;1H/q;+1;/p-2. The Morgan fingerprint density at radius 2 is 2.00 bits per heavy atom. The predicted octanol–water partition coefficient (Wildman–Crippen LogP) is 0.833. The van der Waals surface area contributed by atoms with Gasteiger partial charge in [0.05, 0.1) is 0 Å². The average Bonchev–Trinajstić information content (AvgIpc) is 1.72. The van der Waals surface area contributed by atoms with Crippen LogP contribution in [0.2, 0.25) is 0 Å². The van der Waals surface area contributed by atoms with Gasteiger partial charge in [-0.2, -0.15) is 0 Å². The Morgan fingerprint density at radius 1 is 1.83 bits per heavy atom. The molecule has 0 spiro atoms. The van der Waals surface area contributed by atoms with E-state index in [-0.39, 0.29) is 0 Å². The first-order valence-electron chi connectivity index (χ1n) is 1.06. The second-order valence-corrected chi connectivity index (χ2v) is 0.364. The summed E-state index contributed by atoms with van der Waals surface area (Å²) in [5.74, 6) is 0. The van der Waals surface area contributed by atoms with Crippen molar-refractivity contribution in [1.29, 1.82) is 0 Å². The molecule has 0 N–H and O–H groups in total. The number of hydrogen-bond donors (Lipinski definition) is 0. The number of carbonyl (C=O) groups excluding carboxylic acids is 1. The van der Waals surface area contributed by atoms with Crippen molar-refractivity contribution >= 4 is 15.6 Å². The van der Waals surface area contributed by atoms with E-state index >= 15 is 0 Å². The van der Waals surface area contributed by atoms with Gasteiger partial charge in [-0.05, 0) is 0 Å². The van der Waals surface area contributed by atoms with Gasteiger partial charge >= 0.3 is 29.2 Å². The van der Waals surface area contributed by atoms with Crippen LogP contribution in [-0.4, -0.2) is 13.5 Å². The van der Waals surface area contributed by atoms with E-state index in [1.165, 1.54) is 7.05 Å². The Kier molecular flexibility index (Phi) is 28.8. The molecule has 0 radical (unpaired) electrons. The van der Waals surface area contributed by atoms with Gasteiger partial charge in [-0.25, -0.2) is 0 Å². The first-order chi connectivity index (χ1) is 2.91. The Balaban J connectivity index is 0. The first kappa shape index (κ1) is 9.71. The third kappa shape index (κ3) is 24.5. The van der Waals surface area contributed by atoms with Crippen LogP contribution in [0.25, 0.3) is 5.32 Å². The number of carbonyl (C=O) groups is 1. The molecule has 0 fully saturated rings. The summed E-state index contributed by atoms with van der Waals surface area (Å²) in [5, 5.41) is 3.06. The molecule has 0 rings (SSSR count). The fourth-order valence-corrected chi connectivity index (χ4v) is 0. The van der Waals surface area contributed by atoms with Crippen LogP contribution in [0.1, 0.15) is 0 Å². The van der Waals surface area contributed by atoms with Gasteiger partial charge in [-0.15, -0.1) is 7.05 Å². The summed E-state index contributed by atoms with van der Waals surface area (Å²) in [6.45, 7) is 0. The molecule has 0 heterocycles. The Morgan fingerprint density at radius 3 is 2.00 bits per heavy atom. The molecular formula is C2H4AuClNO-. The van der Waals surface area contributed by atoms with Crippen LogP contribution in [-0.2, 0) is 24.8 Å². The van der Waals surface area contributed by atoms with Crippen molar-refractivity contribution in [2.24, 2.45) is 0 Å². The summed E-state index contributed by atoms with van der Waals surface area (Å²) < 4.78 is 0. The maximum absolute atomic E-state index is 9.01. The summed E-state index contributed by atoms with van der Waals surface area (Å²) in [7, 11) is 6.02. The monoisotopic (exact) mass is 290 g/mol. The van der Waals surface area contributed by atoms with Gasteiger partial charge in [0.1, 0.15) is 0 Å². The summed E-state index contributed by atoms with van der Waals surface area (Å²) in [6, 6.07) is 0. The fourth-order valence-electron chi connectivity index (χ4n) is 0. The van der Waals surface area contributed by atoms with Crippen LogP contribution in [0, 0.1) is 0 Å². The third-order valence-corrected chi connectivity index (χ3v) is 0.105. The van der Waals surface area contributed by atoms with Gasteiger partial charge < -0.3 is 10.1 Å². The van der Waals surface area contributed by atoms with Crippen molar-refractivity contribution in [3.8, 4) is 0 Å². The molecule has 0 saturated heterocycles. The van der Waals surface area contributed by atoms with Crippen molar-refractivity contribution in [3.05, 3.63) is 5.32 Å². The van der Waals surface area contributed by atoms with E-state index in [9.17, 15) is 0 Å². The molecule has 0 aliphatic heterocycles. The zero-order valence-electron chi connectivity index (χ0n) is 3.11. The number of amides is 1. The van der Waals surface area contributed by atoms with Crippen LogP contribution in [0.3, 0.4) is 0 Å². The van der Waals surface area contributed by atoms with Crippen molar-refractivity contribution in [1.82, 2.24) is 0 Å². The molecule has 6 heavy (non-hydrogen) atoms. The molecule has 0 saturated carbocycles. The third-order valence-electron chi connectivity index (χ3n) is 0.105. The number of hydrogen-bond acceptors (Lipinski definition) is 1. The number of rotatable bonds is 1. The summed E-state index contributed by atoms with van der Waals surface area (Å²) in [4.78, 5) is 9.01. The van der Waals surface area contributed by atoms with E-state index in [0.29, 0.717) is 6.41 Å². The van der Waals surface area contributed by atoms with Crippen LogP contribution < -0.4 is 0 Å². The van der Waals surface area contributed by atoms with Gasteiger partial charge in [-0.1, -0.05) is 0 Å². The van der Waals surface area contributed by atoms with Crippen molar-refractivity contribution < 1.29 is 24.8 Å². The van der Waals surface area contributed by atoms with Crippen molar-refractivity contribution in [2.45, 2.75) is 0 Å². The van der Waals surface area contributed by atoms with E-state index in [1.54, 1.807) is 20.0 Å². The molecule has 2 nitrogen and oxygen atoms in total. The Bertz CT molecular complexity index is 27.5. The molecule has 0 aliphatic rings. The molecule has 0 aliphatic carbocycles. The van der Waals surface area contributed by atoms with Gasteiger partial charge in [0.25, 0.3) is 0 Å². The second-order valence-electron chi connectivity index (χ2n) is 0.364. The average molecular weight is 290 g/mol. The van der Waals surface area contributed by atoms with Crippen molar-refractivity contribution in [3.63, 3.8) is 0 Å². The van der Waals surface area contributed by atoms with E-state index in [1.807, 2.05) is 0 Å². The van der Waals surface area contributed by atoms with E-state index in [2.05, 4.69) is 14.5 Å². The van der Waals surface area contributed by atoms with E-state index in [4.69, 9.17) is 4.79 Å². The molecule has 0 aromatic rings. The normalized spacial score (nSPS) is 4.67. The molecule has 4 heteroatoms. The Hall–Kier alpha value is 0.500. The number of nitrogens with zero attached hydrogens (tertiary/aromatic N) is 1. The zero-order chi connectivity index (χ0) is 5.41. The molecular weight excluding hydrogens is 286 g/mol. The molecule has 0 atom stereocenters. The topological polar surface area (TPSA) is 31.2 Å². The predicted molar refractivity (Wildman–Crippen MR) is 21.2 cm³/mol. The van der Waals surface area contributed by atoms with E-state index in [0.717, 1.165) is 0 Å². The van der Waals surface area contributed by atoms with Crippen LogP contribution >= 0.6 is 9.19 Å². The quantitative estimate of drug-likeness (QED) is 0.520. The summed E-state index contributed by atoms with van der Waals surface area (Å²) in [6.07, 6.45) is 0.500. The van der Waals surface area contributed by atoms with Crippen molar-refractivity contribution in [2.75, 3.05) is 7.05 Å². The molecule has 0 unspecified atom stereocenters. The van der Waals surface area contributed by atoms with E-state index < -0.39 is 0 Å². The van der Waals surface area contributed by atoms with Gasteiger partial charge in [0, 0.05) is 6.41 Å². The maximum atomic E-state index is 9.01. The van der Waals surface area contributed by atoms with Crippen LogP contribution in [0.15, 0.2) is 0 Å². The van der Waals surface area contributed by atoms with Gasteiger partial charge in [0.15, 0.2) is 0 Å². The summed E-state index contributed by atoms with van der Waals surface area (Å²) >= 11 is 1.75. The molecule has 0 aromatic heterocycles. The zero-order valence-corrected chi connectivity index (χ0v) is 6.03. The molecule has 1 amide bonds. The first-order valence-corrected chi connectivity index (χ1v) is 3.74. The Labute approximate surface area is 53.0 Å². The van der Waals surface area contributed by atoms with Gasteiger partial charge in [0.2, 0.25) is 0 Å². The van der Waals surface area contributed by atoms with Gasteiger partial charge in [-0.3, -0.25) is 0 Å². The fraction of sp³-hybridized carbons (Fsp3) is 0.500. The second kappa shape index (κ2) is 17.8. The molecule has 0 aromatic carbocycles. The van der Waals surface area contributed by atoms with Crippen LogP contribution in [0.4, 0.5) is 0 Å². The number of halogens is 1. The molecule has 42 valence electrons. The molecule has 0 bridgehead atoms. The minimum atomic E-state index is 0.500.